The van der Waals surface area contributed by atoms with Crippen LogP contribution in [0.3, 0.4) is 0 Å². The molecule has 0 spiro atoms. The van der Waals surface area contributed by atoms with Crippen LogP contribution in [0.15, 0.2) is 27.0 Å². The summed E-state index contributed by atoms with van der Waals surface area (Å²) in [5.41, 5.74) is -0.918. The Kier molecular flexibility index (Phi) is 10.9. The van der Waals surface area contributed by atoms with Crippen LogP contribution in [0.1, 0.15) is 30.2 Å². The maximum atomic E-state index is 13.1. The lowest BCUT2D eigenvalue weighted by Gasteiger charge is -2.22. The van der Waals surface area contributed by atoms with Gasteiger partial charge in [-0.2, -0.15) is 0 Å². The summed E-state index contributed by atoms with van der Waals surface area (Å²) < 4.78 is 45.8. The van der Waals surface area contributed by atoms with Gasteiger partial charge in [0, 0.05) is 49.3 Å². The number of nitrogens with zero attached hydrogens (tertiary/aromatic N) is 2. The Morgan fingerprint density at radius 3 is 2.56 bits per heavy atom. The zero-order valence-corrected chi connectivity index (χ0v) is 25.5. The first-order chi connectivity index (χ1) is 20.4. The van der Waals surface area contributed by atoms with Crippen molar-refractivity contribution in [2.45, 2.75) is 50.8 Å². The van der Waals surface area contributed by atoms with Crippen molar-refractivity contribution in [1.29, 1.82) is 0 Å². The lowest BCUT2D eigenvalue weighted by molar-refractivity contribution is -0.170. The molecule has 2 saturated heterocycles. The molecule has 1 aromatic heterocycles. The molecule has 3 heterocycles. The first-order valence-electron chi connectivity index (χ1n) is 12.7. The van der Waals surface area contributed by atoms with Crippen LogP contribution in [0.5, 0.6) is 11.5 Å². The quantitative estimate of drug-likeness (QED) is 0.145. The van der Waals surface area contributed by atoms with Crippen molar-refractivity contribution in [2.75, 3.05) is 27.4 Å². The fourth-order valence-corrected chi connectivity index (χ4v) is 5.84. The molecule has 7 atom stereocenters. The summed E-state index contributed by atoms with van der Waals surface area (Å²) >= 11 is 12.4. The summed E-state index contributed by atoms with van der Waals surface area (Å²) in [6.45, 7) is 0.762. The van der Waals surface area contributed by atoms with Gasteiger partial charge in [-0.05, 0) is 6.92 Å². The van der Waals surface area contributed by atoms with Crippen molar-refractivity contribution in [3.05, 3.63) is 54.3 Å². The van der Waals surface area contributed by atoms with Gasteiger partial charge >= 0.3 is 13.5 Å². The van der Waals surface area contributed by atoms with E-state index in [1.807, 2.05) is 0 Å². The number of benzene rings is 1. The number of aromatic hydroxyl groups is 1. The van der Waals surface area contributed by atoms with Crippen molar-refractivity contribution in [3.63, 3.8) is 0 Å². The number of phosphoric acid groups is 1. The van der Waals surface area contributed by atoms with Gasteiger partial charge in [0.1, 0.15) is 12.3 Å². The molecule has 2 fully saturated rings. The normalized spacial score (nSPS) is 27.0. The molecule has 0 bridgehead atoms. The number of methoxy groups -OCH3 is 1. The number of hydrogen-bond donors (Lipinski definition) is 4. The number of rotatable bonds is 12. The van der Waals surface area contributed by atoms with Crippen LogP contribution < -0.4 is 16.0 Å². The number of halogens is 2. The van der Waals surface area contributed by atoms with Crippen molar-refractivity contribution in [1.82, 2.24) is 9.55 Å². The Bertz CT molecular complexity index is 1500. The van der Waals surface area contributed by atoms with E-state index in [1.165, 1.54) is 26.3 Å². The maximum Gasteiger partial charge on any atom is 0.474 e. The highest BCUT2D eigenvalue weighted by atomic mass is 35.5. The van der Waals surface area contributed by atoms with E-state index in [0.717, 1.165) is 17.9 Å². The number of H-pyrrole nitrogens is 1. The zero-order valence-electron chi connectivity index (χ0n) is 23.0. The molecule has 0 aliphatic carbocycles. The number of hydrogen-bond acceptors (Lipinski definition) is 14. The summed E-state index contributed by atoms with van der Waals surface area (Å²) in [7, 11) is -1.78. The van der Waals surface area contributed by atoms with E-state index in [2.05, 4.69) is 10.1 Å². The second-order valence-electron chi connectivity index (χ2n) is 9.56. The van der Waals surface area contributed by atoms with Gasteiger partial charge in [-0.25, -0.2) is 9.36 Å². The van der Waals surface area contributed by atoms with Gasteiger partial charge in [0.2, 0.25) is 0 Å². The van der Waals surface area contributed by atoms with Gasteiger partial charge in [0.05, 0.1) is 36.6 Å². The van der Waals surface area contributed by atoms with Crippen LogP contribution in [0.25, 0.3) is 0 Å². The number of aromatic nitrogens is 2. The fourth-order valence-electron chi connectivity index (χ4n) is 4.32. The number of aryl methyl sites for hydroxylation is 1. The lowest BCUT2D eigenvalue weighted by atomic mass is 10.1. The van der Waals surface area contributed by atoms with Crippen LogP contribution >= 0.6 is 31.0 Å². The van der Waals surface area contributed by atoms with E-state index in [0.29, 0.717) is 0 Å². The van der Waals surface area contributed by atoms with Crippen LogP contribution in [-0.2, 0) is 32.4 Å². The van der Waals surface area contributed by atoms with Gasteiger partial charge in [-0.15, -0.1) is 0 Å². The third-order valence-electron chi connectivity index (χ3n) is 6.70. The SMILES string of the molecule is COc1cc(Cl)c(/C=N/O[C@@H]2C[C@H](n3cc(C)c(=O)[nH]c3=O)O[C@@H]2COP(=O)(OC)OC[C@@H]2C[C@H](O)O[C@@H]2O)c(Cl)c1O. The predicted octanol–water partition coefficient (Wildman–Crippen LogP) is 2.03. The lowest BCUT2D eigenvalue weighted by Crippen LogP contribution is -2.33. The van der Waals surface area contributed by atoms with Crippen LogP contribution in [0.4, 0.5) is 0 Å². The Morgan fingerprint density at radius 2 is 1.91 bits per heavy atom. The molecule has 16 nitrogen and oxygen atoms in total. The summed E-state index contributed by atoms with van der Waals surface area (Å²) in [5, 5.41) is 33.4. The molecular formula is C24H30Cl2N3O13P. The van der Waals surface area contributed by atoms with Gasteiger partial charge in [-0.1, -0.05) is 28.4 Å². The third-order valence-corrected chi connectivity index (χ3v) is 8.77. The molecule has 19 heteroatoms. The first kappa shape index (κ1) is 33.4. The van der Waals surface area contributed by atoms with Gasteiger partial charge in [0.25, 0.3) is 5.56 Å². The number of aromatic amines is 1. The van der Waals surface area contributed by atoms with Crippen molar-refractivity contribution >= 4 is 37.2 Å². The van der Waals surface area contributed by atoms with Gasteiger partial charge in [0.15, 0.2) is 30.2 Å². The smallest absolute Gasteiger partial charge is 0.474 e. The second-order valence-corrected chi connectivity index (χ2v) is 12.1. The Labute approximate surface area is 254 Å². The first-order valence-corrected chi connectivity index (χ1v) is 15.0. The van der Waals surface area contributed by atoms with E-state index >= 15 is 0 Å². The number of phosphoric ester groups is 1. The molecule has 238 valence electrons. The van der Waals surface area contributed by atoms with Crippen molar-refractivity contribution in [3.8, 4) is 11.5 Å². The molecule has 4 N–H and O–H groups in total. The maximum absolute atomic E-state index is 13.1. The van der Waals surface area contributed by atoms with Crippen molar-refractivity contribution < 1.29 is 52.5 Å². The van der Waals surface area contributed by atoms with E-state index in [9.17, 15) is 29.5 Å². The van der Waals surface area contributed by atoms with E-state index in [1.54, 1.807) is 0 Å². The largest absolute Gasteiger partial charge is 0.503 e. The minimum absolute atomic E-state index is 0.0215. The highest BCUT2D eigenvalue weighted by molar-refractivity contribution is 7.48. The minimum Gasteiger partial charge on any atom is -0.503 e. The number of nitrogens with one attached hydrogen (secondary N) is 1. The molecule has 4 rings (SSSR count). The summed E-state index contributed by atoms with van der Waals surface area (Å²) in [6, 6.07) is 1.33. The van der Waals surface area contributed by atoms with Gasteiger partial charge < -0.3 is 34.4 Å². The number of oxime groups is 1. The number of aliphatic hydroxyl groups is 2. The molecule has 0 amide bonds. The standard InChI is InChI=1S/C24H30Cl2N3O13P/c1-11-8-29(24(34)28-22(11)32)18-6-15(42-27-7-13-14(25)5-16(36-2)21(31)20(13)26)17(40-18)10-39-43(35,37-3)38-9-12-4-19(30)41-23(12)33/h5,7-8,12,15,17-19,23,30-31,33H,4,6,9-10H2,1-3H3,(H,28,32,34)/b27-7+/t12-,15+,17+,18+,19+,23-,43?/m0/s1. The van der Waals surface area contributed by atoms with Crippen LogP contribution in [0.2, 0.25) is 10.0 Å². The number of ether oxygens (including phenoxy) is 3. The molecule has 1 aromatic carbocycles. The van der Waals surface area contributed by atoms with Gasteiger partial charge in [-0.3, -0.25) is 27.9 Å². The summed E-state index contributed by atoms with van der Waals surface area (Å²) in [5.74, 6) is -0.999. The molecule has 2 aromatic rings. The molecule has 2 aliphatic rings. The van der Waals surface area contributed by atoms with Crippen LogP contribution in [0, 0.1) is 12.8 Å². The topological polar surface area (TPSA) is 210 Å². The number of phenols is 1. The third kappa shape index (κ3) is 7.78. The molecule has 0 radical (unpaired) electrons. The Balaban J connectivity index is 1.51. The molecule has 0 saturated carbocycles. The molecular weight excluding hydrogens is 640 g/mol. The van der Waals surface area contributed by atoms with Crippen LogP contribution in [-0.4, -0.2) is 83.3 Å². The highest BCUT2D eigenvalue weighted by Gasteiger charge is 2.42. The molecule has 43 heavy (non-hydrogen) atoms. The number of aliphatic hydroxyl groups excluding tert-OH is 2. The minimum atomic E-state index is -4.21. The fraction of sp³-hybridized carbons (Fsp3) is 0.542. The van der Waals surface area contributed by atoms with E-state index in [4.69, 9.17) is 55.8 Å². The van der Waals surface area contributed by atoms with E-state index < -0.39 is 62.6 Å². The zero-order chi connectivity index (χ0) is 31.5. The average molecular weight is 670 g/mol. The average Bonchev–Trinajstić information content (AvgIpc) is 3.53. The monoisotopic (exact) mass is 669 g/mol. The highest BCUT2D eigenvalue weighted by Crippen LogP contribution is 2.50. The molecule has 1 unspecified atom stereocenters. The predicted molar refractivity (Wildman–Crippen MR) is 149 cm³/mol. The van der Waals surface area contributed by atoms with E-state index in [-0.39, 0.29) is 52.1 Å². The number of phenolic OH excluding ortho intramolecular Hbond substituents is 1. The Hall–Kier alpha value is -2.50. The second kappa shape index (κ2) is 14.1. The Morgan fingerprint density at radius 1 is 1.19 bits per heavy atom. The summed E-state index contributed by atoms with van der Waals surface area (Å²) in [6.07, 6.45) is -2.87. The summed E-state index contributed by atoms with van der Waals surface area (Å²) in [4.78, 5) is 32.2. The molecule has 2 aliphatic heterocycles. The van der Waals surface area contributed by atoms with Crippen molar-refractivity contribution in [2.24, 2.45) is 11.1 Å².